The first-order valence-corrected chi connectivity index (χ1v) is 7.19. The van der Waals surface area contributed by atoms with Crippen LogP contribution in [0.25, 0.3) is 21.9 Å². The highest BCUT2D eigenvalue weighted by atomic mass is 16.5. The molecule has 0 unspecified atom stereocenters. The number of fused-ring (bicyclic) bond motifs is 1. The minimum absolute atomic E-state index is 0.454. The van der Waals surface area contributed by atoms with Gasteiger partial charge in [0.05, 0.1) is 14.2 Å². The number of rotatable bonds is 4. The van der Waals surface area contributed by atoms with Crippen molar-refractivity contribution < 1.29 is 14.3 Å². The van der Waals surface area contributed by atoms with Gasteiger partial charge in [0.1, 0.15) is 11.5 Å². The molecule has 4 nitrogen and oxygen atoms in total. The summed E-state index contributed by atoms with van der Waals surface area (Å²) in [5.74, 6) is 0.865. The van der Waals surface area contributed by atoms with Gasteiger partial charge in [-0.2, -0.15) is 0 Å². The molecule has 3 rings (SSSR count). The number of hydrogen-bond donors (Lipinski definition) is 1. The van der Waals surface area contributed by atoms with Gasteiger partial charge in [0.2, 0.25) is 5.91 Å². The second-order valence-electron chi connectivity index (χ2n) is 5.14. The van der Waals surface area contributed by atoms with Crippen molar-refractivity contribution in [2.75, 3.05) is 14.2 Å². The van der Waals surface area contributed by atoms with Crippen LogP contribution >= 0.6 is 0 Å². The van der Waals surface area contributed by atoms with Crippen molar-refractivity contribution in [2.24, 2.45) is 5.73 Å². The summed E-state index contributed by atoms with van der Waals surface area (Å²) in [6, 6.07) is 17.0. The zero-order valence-corrected chi connectivity index (χ0v) is 13.0. The Morgan fingerprint density at radius 3 is 2.43 bits per heavy atom. The highest BCUT2D eigenvalue weighted by molar-refractivity contribution is 6.10. The summed E-state index contributed by atoms with van der Waals surface area (Å²) in [7, 11) is 3.20. The van der Waals surface area contributed by atoms with Gasteiger partial charge >= 0.3 is 0 Å². The molecule has 0 saturated heterocycles. The fraction of sp³-hybridized carbons (Fsp3) is 0.105. The van der Waals surface area contributed by atoms with Crippen LogP contribution in [0.5, 0.6) is 11.5 Å². The van der Waals surface area contributed by atoms with Gasteiger partial charge in [0.15, 0.2) is 0 Å². The van der Waals surface area contributed by atoms with Gasteiger partial charge in [0.25, 0.3) is 0 Å². The summed E-state index contributed by atoms with van der Waals surface area (Å²) in [6.07, 6.45) is 0. The summed E-state index contributed by atoms with van der Waals surface area (Å²) in [5.41, 5.74) is 7.58. The number of benzene rings is 3. The van der Waals surface area contributed by atoms with Crippen molar-refractivity contribution in [3.63, 3.8) is 0 Å². The third-order valence-electron chi connectivity index (χ3n) is 3.87. The van der Waals surface area contributed by atoms with Crippen LogP contribution in [0.3, 0.4) is 0 Å². The van der Waals surface area contributed by atoms with E-state index in [0.717, 1.165) is 21.9 Å². The summed E-state index contributed by atoms with van der Waals surface area (Å²) in [4.78, 5) is 11.9. The molecular weight excluding hydrogens is 290 g/mol. The maximum Gasteiger partial charge on any atom is 0.249 e. The number of ether oxygens (including phenoxy) is 2. The topological polar surface area (TPSA) is 61.6 Å². The molecule has 0 bridgehead atoms. The monoisotopic (exact) mass is 307 g/mol. The predicted molar refractivity (Wildman–Crippen MR) is 91.0 cm³/mol. The van der Waals surface area contributed by atoms with Crippen LogP contribution in [0.4, 0.5) is 0 Å². The number of carbonyl (C=O) groups is 1. The molecule has 0 atom stereocenters. The number of methoxy groups -OCH3 is 2. The standard InChI is InChI=1S/C19H17NO3/c1-22-13-8-10-17(23-2)16(11-13)18-14-6-4-3-5-12(14)7-9-15(18)19(20)21/h3-11H,1-2H3,(H2,20,21). The third-order valence-corrected chi connectivity index (χ3v) is 3.87. The molecule has 0 radical (unpaired) electrons. The lowest BCUT2D eigenvalue weighted by Gasteiger charge is -2.15. The van der Waals surface area contributed by atoms with E-state index in [1.807, 2.05) is 48.5 Å². The Morgan fingerprint density at radius 2 is 1.74 bits per heavy atom. The Balaban J connectivity index is 2.43. The Labute approximate surface area is 134 Å². The van der Waals surface area contributed by atoms with Crippen molar-refractivity contribution in [2.45, 2.75) is 0 Å². The summed E-state index contributed by atoms with van der Waals surface area (Å²) >= 11 is 0. The van der Waals surface area contributed by atoms with E-state index in [0.29, 0.717) is 17.1 Å². The van der Waals surface area contributed by atoms with Crippen LogP contribution < -0.4 is 15.2 Å². The Morgan fingerprint density at radius 1 is 0.957 bits per heavy atom. The van der Waals surface area contributed by atoms with Crippen LogP contribution in [0.15, 0.2) is 54.6 Å². The van der Waals surface area contributed by atoms with E-state index in [-0.39, 0.29) is 0 Å². The Kier molecular flexibility index (Phi) is 3.89. The van der Waals surface area contributed by atoms with Gasteiger partial charge < -0.3 is 15.2 Å². The van der Waals surface area contributed by atoms with Gasteiger partial charge in [-0.25, -0.2) is 0 Å². The zero-order valence-electron chi connectivity index (χ0n) is 13.0. The molecule has 3 aromatic carbocycles. The molecule has 23 heavy (non-hydrogen) atoms. The van der Waals surface area contributed by atoms with Crippen molar-refractivity contribution in [1.82, 2.24) is 0 Å². The quantitative estimate of drug-likeness (QED) is 0.800. The van der Waals surface area contributed by atoms with E-state index in [1.54, 1.807) is 20.3 Å². The van der Waals surface area contributed by atoms with Gasteiger partial charge in [-0.1, -0.05) is 30.3 Å². The maximum atomic E-state index is 11.9. The smallest absolute Gasteiger partial charge is 0.249 e. The van der Waals surface area contributed by atoms with Crippen LogP contribution in [0.2, 0.25) is 0 Å². The first-order valence-electron chi connectivity index (χ1n) is 7.19. The van der Waals surface area contributed by atoms with E-state index in [1.165, 1.54) is 0 Å². The Bertz CT molecular complexity index is 887. The normalized spacial score (nSPS) is 10.5. The highest BCUT2D eigenvalue weighted by Crippen LogP contribution is 2.39. The lowest BCUT2D eigenvalue weighted by atomic mass is 9.92. The highest BCUT2D eigenvalue weighted by Gasteiger charge is 2.18. The molecule has 0 heterocycles. The van der Waals surface area contributed by atoms with Crippen molar-refractivity contribution in [3.05, 3.63) is 60.2 Å². The summed E-state index contributed by atoms with van der Waals surface area (Å²) < 4.78 is 10.8. The molecule has 0 spiro atoms. The second-order valence-corrected chi connectivity index (χ2v) is 5.14. The second kappa shape index (κ2) is 6.01. The Hall–Kier alpha value is -3.01. The largest absolute Gasteiger partial charge is 0.497 e. The average molecular weight is 307 g/mol. The average Bonchev–Trinajstić information content (AvgIpc) is 2.60. The molecule has 1 amide bonds. The van der Waals surface area contributed by atoms with E-state index in [2.05, 4.69) is 0 Å². The molecule has 0 aliphatic rings. The van der Waals surface area contributed by atoms with E-state index in [9.17, 15) is 4.79 Å². The minimum atomic E-state index is -0.476. The maximum absolute atomic E-state index is 11.9. The SMILES string of the molecule is COc1ccc(OC)c(-c2c(C(N)=O)ccc3ccccc23)c1. The fourth-order valence-corrected chi connectivity index (χ4v) is 2.78. The van der Waals surface area contributed by atoms with Crippen molar-refractivity contribution >= 4 is 16.7 Å². The van der Waals surface area contributed by atoms with Crippen LogP contribution in [-0.4, -0.2) is 20.1 Å². The number of hydrogen-bond acceptors (Lipinski definition) is 3. The summed E-state index contributed by atoms with van der Waals surface area (Å²) in [5, 5.41) is 1.97. The molecule has 3 aromatic rings. The first-order chi connectivity index (χ1) is 11.2. The summed E-state index contributed by atoms with van der Waals surface area (Å²) in [6.45, 7) is 0. The molecule has 0 saturated carbocycles. The minimum Gasteiger partial charge on any atom is -0.497 e. The third kappa shape index (κ3) is 2.59. The van der Waals surface area contributed by atoms with Crippen LogP contribution in [-0.2, 0) is 0 Å². The molecule has 0 fully saturated rings. The van der Waals surface area contributed by atoms with Crippen LogP contribution in [0.1, 0.15) is 10.4 Å². The molecule has 0 aromatic heterocycles. The van der Waals surface area contributed by atoms with Gasteiger partial charge in [0, 0.05) is 16.7 Å². The first kappa shape index (κ1) is 14.9. The van der Waals surface area contributed by atoms with Gasteiger partial charge in [-0.05, 0) is 35.0 Å². The molecule has 0 aliphatic heterocycles. The molecule has 116 valence electrons. The zero-order chi connectivity index (χ0) is 16.4. The number of amides is 1. The number of carbonyl (C=O) groups excluding carboxylic acids is 1. The number of nitrogens with two attached hydrogens (primary N) is 1. The predicted octanol–water partition coefficient (Wildman–Crippen LogP) is 3.62. The lowest BCUT2D eigenvalue weighted by molar-refractivity contribution is 0.100. The van der Waals surface area contributed by atoms with Crippen LogP contribution in [0, 0.1) is 0 Å². The van der Waals surface area contributed by atoms with Gasteiger partial charge in [-0.15, -0.1) is 0 Å². The molecule has 4 heteroatoms. The fourth-order valence-electron chi connectivity index (χ4n) is 2.78. The van der Waals surface area contributed by atoms with Crippen molar-refractivity contribution in [1.29, 1.82) is 0 Å². The van der Waals surface area contributed by atoms with Crippen molar-refractivity contribution in [3.8, 4) is 22.6 Å². The molecule has 2 N–H and O–H groups in total. The van der Waals surface area contributed by atoms with E-state index < -0.39 is 5.91 Å². The lowest BCUT2D eigenvalue weighted by Crippen LogP contribution is -2.12. The number of primary amides is 1. The van der Waals surface area contributed by atoms with Gasteiger partial charge in [-0.3, -0.25) is 4.79 Å². The van der Waals surface area contributed by atoms with E-state index in [4.69, 9.17) is 15.2 Å². The molecular formula is C19H17NO3. The van der Waals surface area contributed by atoms with E-state index >= 15 is 0 Å². The molecule has 0 aliphatic carbocycles.